The van der Waals surface area contributed by atoms with Crippen molar-refractivity contribution in [1.29, 1.82) is 0 Å². The molecular formula is C21H23Cl2N3O2. The van der Waals surface area contributed by atoms with Gasteiger partial charge in [-0.25, -0.2) is 0 Å². The number of rotatable bonds is 5. The van der Waals surface area contributed by atoms with Crippen molar-refractivity contribution in [2.45, 2.75) is 19.9 Å². The monoisotopic (exact) mass is 419 g/mol. The number of carbonyl (C=O) groups excluding carboxylic acids is 2. The summed E-state index contributed by atoms with van der Waals surface area (Å²) in [5.41, 5.74) is 2.41. The second kappa shape index (κ2) is 8.95. The van der Waals surface area contributed by atoms with Crippen LogP contribution in [0.25, 0.3) is 0 Å². The molecule has 3 rings (SSSR count). The molecule has 2 aromatic rings. The first-order chi connectivity index (χ1) is 13.3. The maximum Gasteiger partial charge on any atom is 0.241 e. The van der Waals surface area contributed by atoms with E-state index in [1.165, 1.54) is 0 Å². The van der Waals surface area contributed by atoms with Gasteiger partial charge in [-0.3, -0.25) is 14.5 Å². The molecule has 0 spiro atoms. The van der Waals surface area contributed by atoms with Gasteiger partial charge in [-0.2, -0.15) is 0 Å². The van der Waals surface area contributed by atoms with Gasteiger partial charge in [-0.05, 0) is 56.3 Å². The normalized spacial score (nSPS) is 15.9. The van der Waals surface area contributed by atoms with E-state index in [4.69, 9.17) is 23.2 Å². The Morgan fingerprint density at radius 2 is 1.54 bits per heavy atom. The molecule has 5 nitrogen and oxygen atoms in total. The first-order valence-electron chi connectivity index (χ1n) is 9.20. The van der Waals surface area contributed by atoms with Crippen LogP contribution in [0, 0.1) is 0 Å². The van der Waals surface area contributed by atoms with E-state index in [-0.39, 0.29) is 17.7 Å². The van der Waals surface area contributed by atoms with Crippen molar-refractivity contribution in [3.05, 3.63) is 58.1 Å². The number of hydrogen-bond donors (Lipinski definition) is 1. The van der Waals surface area contributed by atoms with Crippen molar-refractivity contribution < 1.29 is 9.59 Å². The molecule has 7 heteroatoms. The summed E-state index contributed by atoms with van der Waals surface area (Å²) < 4.78 is 0. The third-order valence-electron chi connectivity index (χ3n) is 5.01. The van der Waals surface area contributed by atoms with Crippen molar-refractivity contribution in [3.8, 4) is 0 Å². The zero-order valence-electron chi connectivity index (χ0n) is 15.9. The van der Waals surface area contributed by atoms with Crippen LogP contribution in [0.2, 0.25) is 10.0 Å². The first kappa shape index (κ1) is 20.6. The van der Waals surface area contributed by atoms with Gasteiger partial charge in [0.25, 0.3) is 0 Å². The third-order valence-corrected chi connectivity index (χ3v) is 5.45. The molecule has 1 amide bonds. The summed E-state index contributed by atoms with van der Waals surface area (Å²) in [5, 5.41) is 3.86. The molecule has 28 heavy (non-hydrogen) atoms. The van der Waals surface area contributed by atoms with Crippen LogP contribution in [-0.2, 0) is 4.79 Å². The number of halogens is 2. The van der Waals surface area contributed by atoms with Gasteiger partial charge in [-0.1, -0.05) is 23.2 Å². The van der Waals surface area contributed by atoms with Crippen LogP contribution in [-0.4, -0.2) is 48.8 Å². The molecule has 0 saturated carbocycles. The highest BCUT2D eigenvalue weighted by molar-refractivity contribution is 6.35. The van der Waals surface area contributed by atoms with Gasteiger partial charge in [-0.15, -0.1) is 0 Å². The predicted molar refractivity (Wildman–Crippen MR) is 115 cm³/mol. The zero-order chi connectivity index (χ0) is 20.3. The van der Waals surface area contributed by atoms with Crippen LogP contribution in [0.1, 0.15) is 24.2 Å². The largest absolute Gasteiger partial charge is 0.369 e. The molecule has 1 saturated heterocycles. The predicted octanol–water partition coefficient (Wildman–Crippen LogP) is 4.35. The van der Waals surface area contributed by atoms with E-state index in [1.807, 2.05) is 31.2 Å². The summed E-state index contributed by atoms with van der Waals surface area (Å²) in [6, 6.07) is 12.4. The van der Waals surface area contributed by atoms with Crippen molar-refractivity contribution >= 4 is 46.3 Å². The van der Waals surface area contributed by atoms with Crippen molar-refractivity contribution in [2.24, 2.45) is 0 Å². The molecule has 2 aromatic carbocycles. The number of amides is 1. The van der Waals surface area contributed by atoms with Gasteiger partial charge >= 0.3 is 0 Å². The Kier molecular flexibility index (Phi) is 6.60. The number of ketones is 1. The first-order valence-corrected chi connectivity index (χ1v) is 9.96. The fraction of sp³-hybridized carbons (Fsp3) is 0.333. The molecule has 1 fully saturated rings. The van der Waals surface area contributed by atoms with Crippen LogP contribution < -0.4 is 10.2 Å². The van der Waals surface area contributed by atoms with E-state index >= 15 is 0 Å². The highest BCUT2D eigenvalue weighted by atomic mass is 35.5. The molecule has 1 aliphatic rings. The van der Waals surface area contributed by atoms with Gasteiger partial charge in [0, 0.05) is 53.2 Å². The number of piperazine rings is 1. The standard InChI is InChI=1S/C21H23Cl2N3O2/c1-14(21(28)24-19-12-17(22)11-18(23)13-19)25-7-9-26(10-8-25)20-5-3-16(4-6-20)15(2)27/h3-6,11-14H,7-10H2,1-2H3,(H,24,28)/t14-/m1/s1. The van der Waals surface area contributed by atoms with Gasteiger partial charge in [0.05, 0.1) is 6.04 Å². The van der Waals surface area contributed by atoms with Crippen LogP contribution >= 0.6 is 23.2 Å². The smallest absolute Gasteiger partial charge is 0.241 e. The second-order valence-corrected chi connectivity index (χ2v) is 7.82. The lowest BCUT2D eigenvalue weighted by Crippen LogP contribution is -2.52. The summed E-state index contributed by atoms with van der Waals surface area (Å²) in [6.45, 7) is 6.66. The lowest BCUT2D eigenvalue weighted by Gasteiger charge is -2.38. The van der Waals surface area contributed by atoms with Gasteiger partial charge in [0.1, 0.15) is 0 Å². The van der Waals surface area contributed by atoms with Gasteiger partial charge < -0.3 is 10.2 Å². The Hall–Kier alpha value is -2.08. The molecule has 148 valence electrons. The van der Waals surface area contributed by atoms with Gasteiger partial charge in [0.2, 0.25) is 5.91 Å². The number of carbonyl (C=O) groups is 2. The highest BCUT2D eigenvalue weighted by Gasteiger charge is 2.26. The summed E-state index contributed by atoms with van der Waals surface area (Å²) in [7, 11) is 0. The molecule has 0 bridgehead atoms. The zero-order valence-corrected chi connectivity index (χ0v) is 17.4. The van der Waals surface area contributed by atoms with Crippen molar-refractivity contribution in [3.63, 3.8) is 0 Å². The van der Waals surface area contributed by atoms with Crippen LogP contribution in [0.3, 0.4) is 0 Å². The summed E-state index contributed by atoms with van der Waals surface area (Å²) in [4.78, 5) is 28.4. The molecule has 0 radical (unpaired) electrons. The number of hydrogen-bond acceptors (Lipinski definition) is 4. The Morgan fingerprint density at radius 3 is 2.07 bits per heavy atom. The van der Waals surface area contributed by atoms with Crippen molar-refractivity contribution in [1.82, 2.24) is 4.90 Å². The second-order valence-electron chi connectivity index (χ2n) is 6.95. The Bertz CT molecular complexity index is 842. The number of anilines is 2. The minimum absolute atomic E-state index is 0.0668. The Morgan fingerprint density at radius 1 is 0.964 bits per heavy atom. The molecule has 0 aliphatic carbocycles. The molecular weight excluding hydrogens is 397 g/mol. The summed E-state index contributed by atoms with van der Waals surface area (Å²) in [5.74, 6) is -0.0187. The lowest BCUT2D eigenvalue weighted by molar-refractivity contribution is -0.120. The molecule has 1 atom stereocenters. The average molecular weight is 420 g/mol. The maximum absolute atomic E-state index is 12.6. The number of Topliss-reactive ketones (excluding diaryl/α,β-unsaturated/α-hetero) is 1. The summed E-state index contributed by atoms with van der Waals surface area (Å²) >= 11 is 12.0. The molecule has 1 heterocycles. The van der Waals surface area contributed by atoms with E-state index in [9.17, 15) is 9.59 Å². The third kappa shape index (κ3) is 5.04. The van der Waals surface area contributed by atoms with Gasteiger partial charge in [0.15, 0.2) is 5.78 Å². The number of nitrogens with one attached hydrogen (secondary N) is 1. The molecule has 0 aromatic heterocycles. The van der Waals surface area contributed by atoms with Crippen LogP contribution in [0.4, 0.5) is 11.4 Å². The van der Waals surface area contributed by atoms with Crippen molar-refractivity contribution in [2.75, 3.05) is 36.4 Å². The van der Waals surface area contributed by atoms with E-state index in [2.05, 4.69) is 15.1 Å². The quantitative estimate of drug-likeness (QED) is 0.731. The summed E-state index contributed by atoms with van der Waals surface area (Å²) in [6.07, 6.45) is 0. The molecule has 1 aliphatic heterocycles. The SMILES string of the molecule is CC(=O)c1ccc(N2CCN([C@H](C)C(=O)Nc3cc(Cl)cc(Cl)c3)CC2)cc1. The Labute approximate surface area is 175 Å². The van der Waals surface area contributed by atoms with E-state index < -0.39 is 0 Å². The average Bonchev–Trinajstić information content (AvgIpc) is 2.66. The van der Waals surface area contributed by atoms with E-state index in [1.54, 1.807) is 25.1 Å². The van der Waals surface area contributed by atoms with Crippen LogP contribution in [0.15, 0.2) is 42.5 Å². The molecule has 1 N–H and O–H groups in total. The fourth-order valence-electron chi connectivity index (χ4n) is 3.31. The van der Waals surface area contributed by atoms with Crippen LogP contribution in [0.5, 0.6) is 0 Å². The number of benzene rings is 2. The Balaban J connectivity index is 1.56. The maximum atomic E-state index is 12.6. The number of nitrogens with zero attached hydrogens (tertiary/aromatic N) is 2. The van der Waals surface area contributed by atoms with E-state index in [0.717, 1.165) is 31.9 Å². The minimum atomic E-state index is -0.264. The molecule has 0 unspecified atom stereocenters. The van der Waals surface area contributed by atoms with E-state index in [0.29, 0.717) is 21.3 Å². The highest BCUT2D eigenvalue weighted by Crippen LogP contribution is 2.23. The topological polar surface area (TPSA) is 52.7 Å². The fourth-order valence-corrected chi connectivity index (χ4v) is 3.84. The minimum Gasteiger partial charge on any atom is -0.369 e. The lowest BCUT2D eigenvalue weighted by atomic mass is 10.1.